The topological polar surface area (TPSA) is 81.3 Å². The van der Waals surface area contributed by atoms with Gasteiger partial charge in [-0.05, 0) is 25.5 Å². The first-order chi connectivity index (χ1) is 8.79. The summed E-state index contributed by atoms with van der Waals surface area (Å²) in [7, 11) is 1.70. The Morgan fingerprint density at radius 1 is 1.21 bits per heavy atom. The molecule has 0 bridgehead atoms. The van der Waals surface area contributed by atoms with E-state index in [2.05, 4.69) is 44.0 Å². The van der Waals surface area contributed by atoms with Gasteiger partial charge in [0.2, 0.25) is 0 Å². The minimum atomic E-state index is 0. The first kappa shape index (κ1) is 22.8. The minimum absolute atomic E-state index is 0. The molecule has 0 radical (unpaired) electrons. The summed E-state index contributed by atoms with van der Waals surface area (Å²) >= 11 is 0. The molecule has 100 valence electrons. The van der Waals surface area contributed by atoms with Gasteiger partial charge >= 0.3 is 51.0 Å². The molecule has 2 rings (SSSR count). The van der Waals surface area contributed by atoms with Crippen molar-refractivity contribution in [3.8, 4) is 0 Å². The molecule has 0 aromatic heterocycles. The summed E-state index contributed by atoms with van der Waals surface area (Å²) in [6.45, 7) is 15.6. The summed E-state index contributed by atoms with van der Waals surface area (Å²) in [5, 5.41) is 0. The number of hydrogen-bond donors (Lipinski definition) is 0. The van der Waals surface area contributed by atoms with Crippen LogP contribution in [-0.2, 0) is 35.8 Å². The fraction of sp³-hybridized carbons (Fsp3) is 0.385. The van der Waals surface area contributed by atoms with E-state index in [4.69, 9.17) is 18.7 Å². The van der Waals surface area contributed by atoms with Crippen molar-refractivity contribution in [3.63, 3.8) is 0 Å². The number of nitrogens with zero attached hydrogens (tertiary/aromatic N) is 1. The summed E-state index contributed by atoms with van der Waals surface area (Å²) in [5.74, 6) is 1.53. The van der Waals surface area contributed by atoms with Crippen LogP contribution in [0.5, 0.6) is 0 Å². The second-order valence-electron chi connectivity index (χ2n) is 3.36. The molecule has 6 heteroatoms. The number of aliphatic imine (C=N–C) groups is 1. The molecule has 0 saturated heterocycles. The van der Waals surface area contributed by atoms with Crippen molar-refractivity contribution in [2.45, 2.75) is 19.4 Å². The molecule has 1 aliphatic carbocycles. The molecule has 0 fully saturated rings. The van der Waals surface area contributed by atoms with Gasteiger partial charge in [0.25, 0.3) is 0 Å². The summed E-state index contributed by atoms with van der Waals surface area (Å²) in [5.41, 5.74) is 1.25. The standard InChI is InChI=1S/C10H13NO.3CO.Fe/c1-7-5-8-3-4-9(12-2)6-10(8)11-7;3*1-2;/h3-4,6,8,10H,5H2,1-2H3;;;;/q;;;;+2. The van der Waals surface area contributed by atoms with Crippen molar-refractivity contribution >= 4 is 5.71 Å². The average molecular weight is 303 g/mol. The van der Waals surface area contributed by atoms with Crippen LogP contribution >= 0.6 is 0 Å². The van der Waals surface area contributed by atoms with Gasteiger partial charge < -0.3 is 4.74 Å². The van der Waals surface area contributed by atoms with Crippen molar-refractivity contribution in [2.75, 3.05) is 7.11 Å². The number of allylic oxidation sites excluding steroid dienone is 1. The first-order valence-electron chi connectivity index (χ1n) is 4.88. The smallest absolute Gasteiger partial charge is 2.00 e. The van der Waals surface area contributed by atoms with E-state index >= 15 is 0 Å². The van der Waals surface area contributed by atoms with Crippen LogP contribution in [0.3, 0.4) is 0 Å². The Morgan fingerprint density at radius 2 is 1.74 bits per heavy atom. The molecule has 1 aliphatic heterocycles. The van der Waals surface area contributed by atoms with Gasteiger partial charge in [-0.1, -0.05) is 6.08 Å². The summed E-state index contributed by atoms with van der Waals surface area (Å²) in [4.78, 5) is 4.52. The Morgan fingerprint density at radius 3 is 2.21 bits per heavy atom. The quantitative estimate of drug-likeness (QED) is 0.413. The number of rotatable bonds is 1. The van der Waals surface area contributed by atoms with Crippen molar-refractivity contribution in [2.24, 2.45) is 10.9 Å². The fourth-order valence-electron chi connectivity index (χ4n) is 1.79. The maximum atomic E-state index is 7.50. The van der Waals surface area contributed by atoms with Gasteiger partial charge in [-0.25, -0.2) is 0 Å². The largest absolute Gasteiger partial charge is 2.00 e. The number of methoxy groups -OCH3 is 1. The van der Waals surface area contributed by atoms with Gasteiger partial charge in [0.15, 0.2) is 0 Å². The second kappa shape index (κ2) is 14.7. The maximum Gasteiger partial charge on any atom is 2.00 e. The zero-order valence-corrected chi connectivity index (χ0v) is 11.6. The normalized spacial score (nSPS) is 20.8. The molecule has 2 unspecified atom stereocenters. The summed E-state index contributed by atoms with van der Waals surface area (Å²) in [6.07, 6.45) is 7.44. The first-order valence-corrected chi connectivity index (χ1v) is 4.88. The van der Waals surface area contributed by atoms with Gasteiger partial charge in [-0.2, -0.15) is 0 Å². The molecule has 2 atom stereocenters. The molecule has 2 aliphatic rings. The molecule has 0 aromatic rings. The van der Waals surface area contributed by atoms with Crippen molar-refractivity contribution in [1.82, 2.24) is 0 Å². The predicted molar refractivity (Wildman–Crippen MR) is 61.0 cm³/mol. The average Bonchev–Trinajstić information content (AvgIpc) is 2.84. The van der Waals surface area contributed by atoms with E-state index in [0.29, 0.717) is 12.0 Å². The van der Waals surface area contributed by atoms with Gasteiger partial charge in [0.1, 0.15) is 5.76 Å². The van der Waals surface area contributed by atoms with Gasteiger partial charge in [0.05, 0.1) is 13.2 Å². The number of fused-ring (bicyclic) bond motifs is 1. The van der Waals surface area contributed by atoms with E-state index in [1.165, 1.54) is 5.71 Å². The van der Waals surface area contributed by atoms with Crippen LogP contribution in [0, 0.1) is 25.9 Å². The summed E-state index contributed by atoms with van der Waals surface area (Å²) in [6, 6.07) is 0.338. The van der Waals surface area contributed by atoms with Gasteiger partial charge in [-0.15, -0.1) is 0 Å². The SMILES string of the molecule is COC1=CC2N=C(C)CC2C=C1.[C-]#[O+].[C-]#[O+].[C-]#[O+].[Fe+2]. The number of ether oxygens (including phenoxy) is 1. The minimum Gasteiger partial charge on any atom is 2.00 e. The van der Waals surface area contributed by atoms with E-state index in [-0.39, 0.29) is 17.1 Å². The van der Waals surface area contributed by atoms with E-state index in [9.17, 15) is 0 Å². The Kier molecular flexibility index (Phi) is 17.7. The molecule has 19 heavy (non-hydrogen) atoms. The van der Waals surface area contributed by atoms with Crippen LogP contribution in [0.4, 0.5) is 0 Å². The Labute approximate surface area is 123 Å². The maximum absolute atomic E-state index is 7.50. The van der Waals surface area contributed by atoms with Crippen LogP contribution in [0.15, 0.2) is 29.0 Å². The van der Waals surface area contributed by atoms with Crippen LogP contribution in [0.1, 0.15) is 13.3 Å². The third-order valence-electron chi connectivity index (χ3n) is 2.42. The van der Waals surface area contributed by atoms with Crippen LogP contribution < -0.4 is 0 Å². The molecule has 1 heterocycles. The molecule has 0 spiro atoms. The van der Waals surface area contributed by atoms with Gasteiger partial charge in [-0.3, -0.25) is 4.99 Å². The molecule has 0 N–H and O–H groups in total. The molecule has 0 amide bonds. The Hall–Kier alpha value is -1.31. The van der Waals surface area contributed by atoms with Crippen LogP contribution in [0.25, 0.3) is 0 Å². The Balaban J connectivity index is -0.000000325. The van der Waals surface area contributed by atoms with Crippen LogP contribution in [0.2, 0.25) is 0 Å². The van der Waals surface area contributed by atoms with E-state index < -0.39 is 0 Å². The van der Waals surface area contributed by atoms with Gasteiger partial charge in [0, 0.05) is 11.6 Å². The molecular weight excluding hydrogens is 290 g/mol. The zero-order chi connectivity index (χ0) is 14.6. The number of hydrogen-bond acceptors (Lipinski definition) is 2. The summed E-state index contributed by atoms with van der Waals surface area (Å²) < 4.78 is 27.6. The third kappa shape index (κ3) is 7.66. The molecule has 0 saturated carbocycles. The molecular formula is C13H13FeNO4+2. The monoisotopic (exact) mass is 303 g/mol. The van der Waals surface area contributed by atoms with Crippen molar-refractivity contribution in [3.05, 3.63) is 43.9 Å². The van der Waals surface area contributed by atoms with Crippen molar-refractivity contribution < 1.29 is 35.8 Å². The van der Waals surface area contributed by atoms with E-state index in [1.807, 2.05) is 6.08 Å². The van der Waals surface area contributed by atoms with E-state index in [1.54, 1.807) is 7.11 Å². The Bertz CT molecular complexity index is 379. The fourth-order valence-corrected chi connectivity index (χ4v) is 1.79. The predicted octanol–water partition coefficient (Wildman–Crippen LogP) is 1.82. The van der Waals surface area contributed by atoms with E-state index in [0.717, 1.165) is 12.2 Å². The molecule has 0 aromatic carbocycles. The second-order valence-corrected chi connectivity index (χ2v) is 3.36. The van der Waals surface area contributed by atoms with Crippen LogP contribution in [-0.4, -0.2) is 18.9 Å². The third-order valence-corrected chi connectivity index (χ3v) is 2.42. The van der Waals surface area contributed by atoms with Crippen molar-refractivity contribution in [1.29, 1.82) is 0 Å². The molecule has 5 nitrogen and oxygen atoms in total. The zero-order valence-electron chi connectivity index (χ0n) is 10.5.